The van der Waals surface area contributed by atoms with Crippen molar-refractivity contribution in [3.8, 4) is 5.75 Å². The lowest BCUT2D eigenvalue weighted by Crippen LogP contribution is -2.42. The average Bonchev–Trinajstić information content (AvgIpc) is 3.08. The number of amides is 1. The smallest absolute Gasteiger partial charge is 0.253 e. The molecule has 1 aliphatic heterocycles. The number of carbonyl (C=O) groups excluding carboxylic acids is 1. The van der Waals surface area contributed by atoms with Crippen LogP contribution in [0.25, 0.3) is 0 Å². The Morgan fingerprint density at radius 1 is 1.35 bits per heavy atom. The summed E-state index contributed by atoms with van der Waals surface area (Å²) in [4.78, 5) is 30.7. The SMILES string of the molecule is CO[C@@H]1C[C@@H](COc2cccnc2)N(C(=O)Cn2cccc(C)c2=O)C1. The monoisotopic (exact) mass is 357 g/mol. The minimum Gasteiger partial charge on any atom is -0.490 e. The van der Waals surface area contributed by atoms with Gasteiger partial charge < -0.3 is 18.9 Å². The first kappa shape index (κ1) is 18.1. The molecule has 1 saturated heterocycles. The number of rotatable bonds is 6. The van der Waals surface area contributed by atoms with Gasteiger partial charge in [-0.25, -0.2) is 0 Å². The molecule has 0 bridgehead atoms. The van der Waals surface area contributed by atoms with Crippen LogP contribution in [-0.4, -0.2) is 52.8 Å². The first-order valence-corrected chi connectivity index (χ1v) is 8.59. The van der Waals surface area contributed by atoms with Crippen LogP contribution in [0.1, 0.15) is 12.0 Å². The molecule has 2 aromatic rings. The highest BCUT2D eigenvalue weighted by atomic mass is 16.5. The largest absolute Gasteiger partial charge is 0.490 e. The highest BCUT2D eigenvalue weighted by Crippen LogP contribution is 2.21. The van der Waals surface area contributed by atoms with Crippen molar-refractivity contribution in [1.29, 1.82) is 0 Å². The summed E-state index contributed by atoms with van der Waals surface area (Å²) in [5.41, 5.74) is 0.472. The van der Waals surface area contributed by atoms with E-state index in [4.69, 9.17) is 9.47 Å². The van der Waals surface area contributed by atoms with Gasteiger partial charge in [0.15, 0.2) is 0 Å². The Morgan fingerprint density at radius 2 is 2.19 bits per heavy atom. The molecular weight excluding hydrogens is 334 g/mol. The van der Waals surface area contributed by atoms with E-state index in [9.17, 15) is 9.59 Å². The molecule has 1 fully saturated rings. The van der Waals surface area contributed by atoms with Gasteiger partial charge in [-0.2, -0.15) is 0 Å². The van der Waals surface area contributed by atoms with Gasteiger partial charge in [-0.15, -0.1) is 0 Å². The van der Waals surface area contributed by atoms with Crippen LogP contribution in [0, 0.1) is 6.92 Å². The summed E-state index contributed by atoms with van der Waals surface area (Å²) in [6, 6.07) is 7.04. The maximum absolute atomic E-state index is 12.8. The molecule has 0 unspecified atom stereocenters. The predicted molar refractivity (Wildman–Crippen MR) is 96.1 cm³/mol. The third-order valence-corrected chi connectivity index (χ3v) is 4.62. The lowest BCUT2D eigenvalue weighted by molar-refractivity contribution is -0.133. The number of methoxy groups -OCH3 is 1. The number of carbonyl (C=O) groups is 1. The average molecular weight is 357 g/mol. The molecule has 2 aromatic heterocycles. The lowest BCUT2D eigenvalue weighted by Gasteiger charge is -2.25. The van der Waals surface area contributed by atoms with Crippen LogP contribution in [0.15, 0.2) is 47.7 Å². The van der Waals surface area contributed by atoms with E-state index in [0.29, 0.717) is 30.9 Å². The summed E-state index contributed by atoms with van der Waals surface area (Å²) >= 11 is 0. The number of hydrogen-bond acceptors (Lipinski definition) is 5. The van der Waals surface area contributed by atoms with Crippen molar-refractivity contribution in [3.63, 3.8) is 0 Å². The van der Waals surface area contributed by atoms with Crippen LogP contribution in [-0.2, 0) is 16.1 Å². The number of pyridine rings is 2. The molecule has 7 nitrogen and oxygen atoms in total. The molecule has 0 radical (unpaired) electrons. The van der Waals surface area contributed by atoms with E-state index in [1.807, 2.05) is 6.07 Å². The molecule has 0 aromatic carbocycles. The fourth-order valence-electron chi connectivity index (χ4n) is 3.15. The minimum absolute atomic E-state index is 0.0142. The van der Waals surface area contributed by atoms with Crippen molar-refractivity contribution in [1.82, 2.24) is 14.5 Å². The highest BCUT2D eigenvalue weighted by Gasteiger charge is 2.35. The Hall–Kier alpha value is -2.67. The Balaban J connectivity index is 1.69. The lowest BCUT2D eigenvalue weighted by atomic mass is 10.2. The molecule has 0 spiro atoms. The number of nitrogens with zero attached hydrogens (tertiary/aromatic N) is 3. The third kappa shape index (κ3) is 4.11. The van der Waals surface area contributed by atoms with Gasteiger partial charge in [0.2, 0.25) is 5.91 Å². The van der Waals surface area contributed by atoms with Crippen LogP contribution in [0.5, 0.6) is 5.75 Å². The number of ether oxygens (including phenoxy) is 2. The zero-order valence-electron chi connectivity index (χ0n) is 15.0. The fraction of sp³-hybridized carbons (Fsp3) is 0.421. The number of aromatic nitrogens is 2. The third-order valence-electron chi connectivity index (χ3n) is 4.62. The zero-order valence-corrected chi connectivity index (χ0v) is 15.0. The van der Waals surface area contributed by atoms with Gasteiger partial charge in [-0.1, -0.05) is 6.07 Å². The summed E-state index contributed by atoms with van der Waals surface area (Å²) in [5.74, 6) is 0.549. The quantitative estimate of drug-likeness (QED) is 0.778. The van der Waals surface area contributed by atoms with Gasteiger partial charge in [0.25, 0.3) is 5.56 Å². The maximum atomic E-state index is 12.8. The maximum Gasteiger partial charge on any atom is 0.253 e. The second kappa shape index (κ2) is 8.14. The van der Waals surface area contributed by atoms with Crippen LogP contribution in [0.4, 0.5) is 0 Å². The Bertz CT molecular complexity index is 806. The van der Waals surface area contributed by atoms with E-state index in [0.717, 1.165) is 0 Å². The zero-order chi connectivity index (χ0) is 18.5. The normalized spacial score (nSPS) is 19.5. The van der Waals surface area contributed by atoms with Gasteiger partial charge in [0.1, 0.15) is 18.9 Å². The van der Waals surface area contributed by atoms with Gasteiger partial charge in [-0.3, -0.25) is 14.6 Å². The van der Waals surface area contributed by atoms with Gasteiger partial charge in [-0.05, 0) is 31.5 Å². The molecular formula is C19H23N3O4. The molecule has 0 saturated carbocycles. The predicted octanol–water partition coefficient (Wildman–Crippen LogP) is 1.25. The first-order valence-electron chi connectivity index (χ1n) is 8.59. The number of likely N-dealkylation sites (tertiary alicyclic amines) is 1. The van der Waals surface area contributed by atoms with E-state index < -0.39 is 0 Å². The minimum atomic E-state index is -0.147. The molecule has 7 heteroatoms. The Kier molecular flexibility index (Phi) is 5.68. The van der Waals surface area contributed by atoms with E-state index in [1.54, 1.807) is 55.7 Å². The summed E-state index contributed by atoms with van der Waals surface area (Å²) in [6.07, 6.45) is 5.62. The molecule has 138 valence electrons. The second-order valence-corrected chi connectivity index (χ2v) is 6.42. The molecule has 2 atom stereocenters. The molecule has 26 heavy (non-hydrogen) atoms. The van der Waals surface area contributed by atoms with Crippen molar-refractivity contribution in [2.75, 3.05) is 20.3 Å². The summed E-state index contributed by atoms with van der Waals surface area (Å²) in [5, 5.41) is 0. The standard InChI is InChI=1S/C19H23N3O4/c1-14-5-4-8-21(19(14)24)12-18(23)22-11-17(25-2)9-15(22)13-26-16-6-3-7-20-10-16/h3-8,10,15,17H,9,11-13H2,1-2H3/t15-,17+/m0/s1. The van der Waals surface area contributed by atoms with Crippen LogP contribution >= 0.6 is 0 Å². The van der Waals surface area contributed by atoms with E-state index in [1.165, 1.54) is 4.57 Å². The van der Waals surface area contributed by atoms with Gasteiger partial charge in [0.05, 0.1) is 18.3 Å². The van der Waals surface area contributed by atoms with Crippen molar-refractivity contribution < 1.29 is 14.3 Å². The number of aryl methyl sites for hydroxylation is 1. The topological polar surface area (TPSA) is 73.7 Å². The molecule has 1 aliphatic rings. The Morgan fingerprint density at radius 3 is 2.92 bits per heavy atom. The summed E-state index contributed by atoms with van der Waals surface area (Å²) in [6.45, 7) is 2.61. The Labute approximate surface area is 152 Å². The van der Waals surface area contributed by atoms with Gasteiger partial charge in [0, 0.05) is 31.6 Å². The summed E-state index contributed by atoms with van der Waals surface area (Å²) < 4.78 is 12.7. The van der Waals surface area contributed by atoms with E-state index in [-0.39, 0.29) is 30.2 Å². The molecule has 1 amide bonds. The van der Waals surface area contributed by atoms with E-state index in [2.05, 4.69) is 4.98 Å². The van der Waals surface area contributed by atoms with Gasteiger partial charge >= 0.3 is 0 Å². The molecule has 3 heterocycles. The van der Waals surface area contributed by atoms with Crippen molar-refractivity contribution in [3.05, 3.63) is 58.8 Å². The van der Waals surface area contributed by atoms with Crippen LogP contribution < -0.4 is 10.3 Å². The first-order chi connectivity index (χ1) is 12.6. The molecule has 0 aliphatic carbocycles. The van der Waals surface area contributed by atoms with Crippen LogP contribution in [0.3, 0.4) is 0 Å². The van der Waals surface area contributed by atoms with Crippen LogP contribution in [0.2, 0.25) is 0 Å². The highest BCUT2D eigenvalue weighted by molar-refractivity contribution is 5.76. The number of hydrogen-bond donors (Lipinski definition) is 0. The van der Waals surface area contributed by atoms with Crippen molar-refractivity contribution in [2.24, 2.45) is 0 Å². The fourth-order valence-corrected chi connectivity index (χ4v) is 3.15. The second-order valence-electron chi connectivity index (χ2n) is 6.42. The van der Waals surface area contributed by atoms with Crippen molar-refractivity contribution in [2.45, 2.75) is 32.0 Å². The molecule has 0 N–H and O–H groups in total. The van der Waals surface area contributed by atoms with Crippen molar-refractivity contribution >= 4 is 5.91 Å². The van der Waals surface area contributed by atoms with E-state index >= 15 is 0 Å². The summed E-state index contributed by atoms with van der Waals surface area (Å²) in [7, 11) is 1.64. The molecule has 3 rings (SSSR count).